The summed E-state index contributed by atoms with van der Waals surface area (Å²) in [4.78, 5) is 42.1. The van der Waals surface area contributed by atoms with Gasteiger partial charge in [0.1, 0.15) is 0 Å². The zero-order chi connectivity index (χ0) is 21.3. The third kappa shape index (κ3) is 6.02. The van der Waals surface area contributed by atoms with Gasteiger partial charge in [0.05, 0.1) is 19.0 Å². The van der Waals surface area contributed by atoms with E-state index >= 15 is 0 Å². The summed E-state index contributed by atoms with van der Waals surface area (Å²) in [5, 5.41) is 17.6. The predicted octanol–water partition coefficient (Wildman–Crippen LogP) is 0.553. The second-order valence-corrected chi connectivity index (χ2v) is 6.97. The van der Waals surface area contributed by atoms with E-state index in [1.165, 1.54) is 6.20 Å². The van der Waals surface area contributed by atoms with E-state index in [0.29, 0.717) is 11.1 Å². The monoisotopic (exact) mass is 411 g/mol. The van der Waals surface area contributed by atoms with Gasteiger partial charge >= 0.3 is 5.97 Å². The Kier molecular flexibility index (Phi) is 7.34. The Morgan fingerprint density at radius 2 is 1.97 bits per heavy atom. The van der Waals surface area contributed by atoms with Crippen LogP contribution in [0.15, 0.2) is 48.8 Å². The van der Waals surface area contributed by atoms with Crippen molar-refractivity contribution in [3.05, 3.63) is 59.9 Å². The summed E-state index contributed by atoms with van der Waals surface area (Å²) in [5.41, 5.74) is 2.02. The lowest BCUT2D eigenvalue weighted by molar-refractivity contribution is -0.137. The van der Waals surface area contributed by atoms with Crippen molar-refractivity contribution in [3.8, 4) is 0 Å². The number of hydrogen-bond donors (Lipinski definition) is 4. The molecule has 1 aliphatic rings. The highest BCUT2D eigenvalue weighted by molar-refractivity contribution is 5.97. The molecular formula is C21H25N5O4. The number of carboxylic acid groups (broad SMARTS) is 1. The van der Waals surface area contributed by atoms with Crippen LogP contribution in [0, 0.1) is 0 Å². The van der Waals surface area contributed by atoms with Gasteiger partial charge in [-0.05, 0) is 29.8 Å². The Hall–Kier alpha value is -3.46. The average Bonchev–Trinajstić information content (AvgIpc) is 2.78. The van der Waals surface area contributed by atoms with Crippen LogP contribution in [-0.2, 0) is 9.59 Å². The van der Waals surface area contributed by atoms with E-state index in [9.17, 15) is 14.4 Å². The number of piperazine rings is 1. The van der Waals surface area contributed by atoms with Gasteiger partial charge in [0, 0.05) is 49.8 Å². The lowest BCUT2D eigenvalue weighted by Crippen LogP contribution is -2.43. The second-order valence-electron chi connectivity index (χ2n) is 6.97. The average molecular weight is 411 g/mol. The third-order valence-corrected chi connectivity index (χ3v) is 4.80. The molecule has 30 heavy (non-hydrogen) atoms. The van der Waals surface area contributed by atoms with Gasteiger partial charge in [0.25, 0.3) is 5.91 Å². The zero-order valence-electron chi connectivity index (χ0n) is 16.5. The Bertz CT molecular complexity index is 884. The molecule has 0 spiro atoms. The molecule has 1 aromatic carbocycles. The van der Waals surface area contributed by atoms with Crippen molar-refractivity contribution in [3.63, 3.8) is 0 Å². The number of nitrogens with zero attached hydrogens (tertiary/aromatic N) is 2. The molecule has 0 radical (unpaired) electrons. The fourth-order valence-corrected chi connectivity index (χ4v) is 3.28. The lowest BCUT2D eigenvalue weighted by atomic mass is 10.1. The van der Waals surface area contributed by atoms with Crippen molar-refractivity contribution in [2.45, 2.75) is 12.5 Å². The predicted molar refractivity (Wildman–Crippen MR) is 111 cm³/mol. The van der Waals surface area contributed by atoms with Gasteiger partial charge in [-0.2, -0.15) is 0 Å². The summed E-state index contributed by atoms with van der Waals surface area (Å²) in [6, 6.07) is 9.92. The first-order valence-electron chi connectivity index (χ1n) is 9.78. The number of nitrogens with one attached hydrogen (secondary N) is 3. The van der Waals surface area contributed by atoms with Crippen LogP contribution in [-0.4, -0.2) is 60.6 Å². The molecule has 0 saturated carbocycles. The normalized spacial score (nSPS) is 14.6. The Morgan fingerprint density at radius 1 is 1.17 bits per heavy atom. The van der Waals surface area contributed by atoms with Crippen LogP contribution >= 0.6 is 0 Å². The molecule has 3 rings (SSSR count). The van der Waals surface area contributed by atoms with Crippen LogP contribution in [0.2, 0.25) is 0 Å². The molecule has 2 aromatic rings. The molecule has 1 aliphatic heterocycles. The number of carboxylic acids is 1. The van der Waals surface area contributed by atoms with E-state index in [2.05, 4.69) is 25.8 Å². The topological polar surface area (TPSA) is 124 Å². The number of rotatable bonds is 8. The zero-order valence-corrected chi connectivity index (χ0v) is 16.5. The SMILES string of the molecule is O=C(O)C[C@H](NC(=O)CNC(=O)c1cccc(N2CCNCC2)c1)c1cccnc1. The maximum atomic E-state index is 12.5. The summed E-state index contributed by atoms with van der Waals surface area (Å²) in [5.74, 6) is -1.88. The second kappa shape index (κ2) is 10.4. The maximum Gasteiger partial charge on any atom is 0.305 e. The number of benzene rings is 1. The largest absolute Gasteiger partial charge is 0.481 e. The molecule has 9 heteroatoms. The van der Waals surface area contributed by atoms with Crippen molar-refractivity contribution in [1.29, 1.82) is 0 Å². The molecule has 4 N–H and O–H groups in total. The van der Waals surface area contributed by atoms with Gasteiger partial charge in [0.2, 0.25) is 5.91 Å². The van der Waals surface area contributed by atoms with Crippen LogP contribution in [0.5, 0.6) is 0 Å². The number of carbonyl (C=O) groups is 3. The highest BCUT2D eigenvalue weighted by Crippen LogP contribution is 2.17. The van der Waals surface area contributed by atoms with Gasteiger partial charge < -0.3 is 26.0 Å². The molecular weight excluding hydrogens is 386 g/mol. The highest BCUT2D eigenvalue weighted by Gasteiger charge is 2.19. The van der Waals surface area contributed by atoms with Gasteiger partial charge in [-0.3, -0.25) is 19.4 Å². The minimum Gasteiger partial charge on any atom is -0.481 e. The lowest BCUT2D eigenvalue weighted by Gasteiger charge is -2.29. The fourth-order valence-electron chi connectivity index (χ4n) is 3.28. The van der Waals surface area contributed by atoms with Gasteiger partial charge in [-0.15, -0.1) is 0 Å². The van der Waals surface area contributed by atoms with Crippen LogP contribution in [0.1, 0.15) is 28.4 Å². The van der Waals surface area contributed by atoms with Gasteiger partial charge in [-0.25, -0.2) is 0 Å². The number of hydrogen-bond acceptors (Lipinski definition) is 6. The molecule has 1 atom stereocenters. The Balaban J connectivity index is 1.57. The molecule has 1 aromatic heterocycles. The van der Waals surface area contributed by atoms with E-state index in [0.717, 1.165) is 31.9 Å². The molecule has 1 saturated heterocycles. The van der Waals surface area contributed by atoms with Crippen LogP contribution in [0.4, 0.5) is 5.69 Å². The van der Waals surface area contributed by atoms with Gasteiger partial charge in [-0.1, -0.05) is 12.1 Å². The highest BCUT2D eigenvalue weighted by atomic mass is 16.4. The number of anilines is 1. The fraction of sp³-hybridized carbons (Fsp3) is 0.333. The van der Waals surface area contributed by atoms with Crippen molar-refractivity contribution in [1.82, 2.24) is 20.9 Å². The number of pyridine rings is 1. The number of amides is 2. The van der Waals surface area contributed by atoms with Crippen molar-refractivity contribution in [2.75, 3.05) is 37.6 Å². The number of aliphatic carboxylic acids is 1. The summed E-state index contributed by atoms with van der Waals surface area (Å²) in [6.45, 7) is 3.27. The first-order valence-corrected chi connectivity index (χ1v) is 9.78. The standard InChI is InChI=1S/C21H25N5O4/c27-19(25-18(12-20(28)29)16-4-2-6-23-13-16)14-24-21(30)15-3-1-5-17(11-15)26-9-7-22-8-10-26/h1-6,11,13,18,22H,7-10,12,14H2,(H,24,30)(H,25,27)(H,28,29)/t18-/m0/s1. The first-order chi connectivity index (χ1) is 14.5. The van der Waals surface area contributed by atoms with Crippen molar-refractivity contribution >= 4 is 23.5 Å². The molecule has 0 unspecified atom stereocenters. The van der Waals surface area contributed by atoms with Gasteiger partial charge in [0.15, 0.2) is 0 Å². The summed E-state index contributed by atoms with van der Waals surface area (Å²) >= 11 is 0. The van der Waals surface area contributed by atoms with Crippen LogP contribution in [0.25, 0.3) is 0 Å². The molecule has 2 heterocycles. The van der Waals surface area contributed by atoms with E-state index in [1.54, 1.807) is 30.5 Å². The Morgan fingerprint density at radius 3 is 2.67 bits per heavy atom. The molecule has 1 fully saturated rings. The van der Waals surface area contributed by atoms with E-state index < -0.39 is 17.9 Å². The minimum atomic E-state index is -1.04. The first kappa shape index (κ1) is 21.3. The quantitative estimate of drug-likeness (QED) is 0.500. The minimum absolute atomic E-state index is 0.257. The van der Waals surface area contributed by atoms with E-state index in [4.69, 9.17) is 5.11 Å². The van der Waals surface area contributed by atoms with Crippen LogP contribution < -0.4 is 20.9 Å². The number of aromatic nitrogens is 1. The summed E-state index contributed by atoms with van der Waals surface area (Å²) in [7, 11) is 0. The molecule has 0 bridgehead atoms. The Labute approximate surface area is 174 Å². The smallest absolute Gasteiger partial charge is 0.305 e. The van der Waals surface area contributed by atoms with Crippen LogP contribution in [0.3, 0.4) is 0 Å². The summed E-state index contributed by atoms with van der Waals surface area (Å²) < 4.78 is 0. The molecule has 0 aliphatic carbocycles. The third-order valence-electron chi connectivity index (χ3n) is 4.80. The van der Waals surface area contributed by atoms with E-state index in [-0.39, 0.29) is 18.9 Å². The molecule has 158 valence electrons. The molecule has 2 amide bonds. The maximum absolute atomic E-state index is 12.5. The summed E-state index contributed by atoms with van der Waals surface area (Å²) in [6.07, 6.45) is 2.80. The van der Waals surface area contributed by atoms with E-state index in [1.807, 2.05) is 12.1 Å². The molecule has 9 nitrogen and oxygen atoms in total. The number of carbonyl (C=O) groups excluding carboxylic acids is 2. The van der Waals surface area contributed by atoms with Crippen molar-refractivity contribution in [2.24, 2.45) is 0 Å². The van der Waals surface area contributed by atoms with Crippen molar-refractivity contribution < 1.29 is 19.5 Å².